The van der Waals surface area contributed by atoms with E-state index in [0.717, 1.165) is 9.10 Å². The van der Waals surface area contributed by atoms with Crippen molar-refractivity contribution < 1.29 is 19.0 Å². The highest BCUT2D eigenvalue weighted by Crippen LogP contribution is 2.37. The zero-order chi connectivity index (χ0) is 19.4. The van der Waals surface area contributed by atoms with E-state index in [-0.39, 0.29) is 0 Å². The summed E-state index contributed by atoms with van der Waals surface area (Å²) in [5.41, 5.74) is 0.871. The van der Waals surface area contributed by atoms with Crippen LogP contribution in [0.3, 0.4) is 0 Å². The predicted octanol–water partition coefficient (Wildman–Crippen LogP) is 6.20. The maximum Gasteiger partial charge on any atom is 0.156 e. The Morgan fingerprint density at radius 3 is 2.35 bits per heavy atom. The number of hydrogen-bond acceptors (Lipinski definition) is 5. The van der Waals surface area contributed by atoms with Gasteiger partial charge in [0.1, 0.15) is 19.0 Å². The van der Waals surface area contributed by atoms with Crippen LogP contribution < -0.4 is 9.47 Å². The lowest BCUT2D eigenvalue weighted by Crippen LogP contribution is -2.07. The van der Waals surface area contributed by atoms with Crippen LogP contribution in [0.5, 0.6) is 11.5 Å². The van der Waals surface area contributed by atoms with Gasteiger partial charge in [-0.25, -0.2) is 0 Å². The number of rotatable bonds is 12. The second-order valence-corrected chi connectivity index (χ2v) is 8.79. The molecule has 0 saturated heterocycles. The van der Waals surface area contributed by atoms with E-state index in [4.69, 9.17) is 42.3 Å². The highest BCUT2D eigenvalue weighted by Gasteiger charge is 2.10. The average molecular weight is 534 g/mol. The molecule has 0 aliphatic rings. The van der Waals surface area contributed by atoms with E-state index in [9.17, 15) is 0 Å². The van der Waals surface area contributed by atoms with Gasteiger partial charge in [-0.15, -0.1) is 0 Å². The third kappa shape index (κ3) is 10.6. The summed E-state index contributed by atoms with van der Waals surface area (Å²) in [6.07, 6.45) is 2.51. The molecule has 0 aromatic heterocycles. The smallest absolute Gasteiger partial charge is 0.156 e. The predicted molar refractivity (Wildman–Crippen MR) is 114 cm³/mol. The summed E-state index contributed by atoms with van der Waals surface area (Å²) in [6, 6.07) is 3.34. The summed E-state index contributed by atoms with van der Waals surface area (Å²) in [7, 11) is 0. The first-order valence-corrected chi connectivity index (χ1v) is 10.2. The van der Waals surface area contributed by atoms with E-state index in [2.05, 4.69) is 37.0 Å². The van der Waals surface area contributed by atoms with Gasteiger partial charge >= 0.3 is 0 Å². The lowest BCUT2D eigenvalue weighted by atomic mass is 10.3. The average Bonchev–Trinajstić information content (AvgIpc) is 2.54. The van der Waals surface area contributed by atoms with Crippen LogP contribution in [0.1, 0.15) is 20.3 Å². The molecule has 0 spiro atoms. The molecule has 0 aliphatic carbocycles. The molecule has 1 aromatic rings. The maximum absolute atomic E-state index is 6.22. The number of nitrogens with zero attached hydrogens (tertiary/aromatic N) is 1. The minimum absolute atomic E-state index is 0.378. The molecule has 26 heavy (non-hydrogen) atoms. The topological polar surface area (TPSA) is 49.3 Å². The van der Waals surface area contributed by atoms with Crippen LogP contribution in [0.4, 0.5) is 0 Å². The normalized spacial score (nSPS) is 10.2. The minimum atomic E-state index is 0.378. The van der Waals surface area contributed by atoms with E-state index in [1.807, 2.05) is 19.9 Å². The van der Waals surface area contributed by atoms with Gasteiger partial charge in [0, 0.05) is 25.2 Å². The summed E-state index contributed by atoms with van der Waals surface area (Å²) in [5.74, 6) is 1.01. The lowest BCUT2D eigenvalue weighted by molar-refractivity contribution is 0.0462. The van der Waals surface area contributed by atoms with Crippen molar-refractivity contribution in [2.24, 2.45) is 5.16 Å². The Labute approximate surface area is 180 Å². The highest BCUT2D eigenvalue weighted by molar-refractivity contribution is 9.28. The summed E-state index contributed by atoms with van der Waals surface area (Å²) in [4.78, 5) is 5.03. The quantitative estimate of drug-likeness (QED) is 0.182. The molecule has 0 N–H and O–H groups in total. The lowest BCUT2D eigenvalue weighted by Gasteiger charge is -2.12. The number of halogens is 4. The van der Waals surface area contributed by atoms with Crippen molar-refractivity contribution in [3.8, 4) is 11.5 Å². The molecule has 0 bridgehead atoms. The molecule has 0 aliphatic heterocycles. The summed E-state index contributed by atoms with van der Waals surface area (Å²) < 4.78 is 17.4. The second kappa shape index (κ2) is 13.7. The van der Waals surface area contributed by atoms with Crippen LogP contribution in [-0.2, 0) is 9.57 Å². The molecule has 0 amide bonds. The van der Waals surface area contributed by atoms with Crippen molar-refractivity contribution in [3.63, 3.8) is 0 Å². The number of ether oxygens (including phenoxy) is 3. The van der Waals surface area contributed by atoms with Crippen LogP contribution >= 0.6 is 55.1 Å². The van der Waals surface area contributed by atoms with Gasteiger partial charge in [-0.2, -0.15) is 0 Å². The first-order chi connectivity index (χ1) is 12.4. The number of hydrogen-bond donors (Lipinski definition) is 0. The van der Waals surface area contributed by atoms with Crippen LogP contribution in [-0.4, -0.2) is 38.7 Å². The molecule has 0 atom stereocenters. The van der Waals surface area contributed by atoms with E-state index >= 15 is 0 Å². The zero-order valence-corrected chi connectivity index (χ0v) is 19.3. The first kappa shape index (κ1) is 23.6. The van der Waals surface area contributed by atoms with Crippen LogP contribution in [0, 0.1) is 0 Å². The highest BCUT2D eigenvalue weighted by atomic mass is 79.9. The third-order valence-corrected chi connectivity index (χ3v) is 3.91. The fourth-order valence-electron chi connectivity index (χ4n) is 1.67. The Morgan fingerprint density at radius 1 is 1.04 bits per heavy atom. The summed E-state index contributed by atoms with van der Waals surface area (Å²) in [5, 5.41) is 4.62. The van der Waals surface area contributed by atoms with Crippen molar-refractivity contribution in [2.45, 2.75) is 20.3 Å². The molecular formula is C17H21Br2Cl2NO4. The first-order valence-electron chi connectivity index (χ1n) is 7.87. The van der Waals surface area contributed by atoms with E-state index in [1.54, 1.807) is 12.1 Å². The van der Waals surface area contributed by atoms with Crippen LogP contribution in [0.15, 0.2) is 26.8 Å². The Bertz CT molecular complexity index is 596. The molecule has 1 aromatic carbocycles. The minimum Gasteiger partial charge on any atom is -0.490 e. The Morgan fingerprint density at radius 2 is 1.73 bits per heavy atom. The largest absolute Gasteiger partial charge is 0.490 e. The van der Waals surface area contributed by atoms with Gasteiger partial charge in [-0.1, -0.05) is 28.4 Å². The zero-order valence-electron chi connectivity index (χ0n) is 14.6. The molecule has 0 fully saturated rings. The molecule has 0 unspecified atom stereocenters. The van der Waals surface area contributed by atoms with Gasteiger partial charge in [-0.3, -0.25) is 0 Å². The molecule has 5 nitrogen and oxygen atoms in total. The molecule has 0 radical (unpaired) electrons. The van der Waals surface area contributed by atoms with E-state index in [1.165, 1.54) is 0 Å². The van der Waals surface area contributed by atoms with E-state index < -0.39 is 0 Å². The molecule has 0 saturated carbocycles. The fourth-order valence-corrected chi connectivity index (χ4v) is 2.51. The van der Waals surface area contributed by atoms with Crippen molar-refractivity contribution in [2.75, 3.05) is 33.0 Å². The molecular weight excluding hydrogens is 513 g/mol. The van der Waals surface area contributed by atoms with Gasteiger partial charge in [0.05, 0.1) is 32.4 Å². The summed E-state index contributed by atoms with van der Waals surface area (Å²) in [6.45, 7) is 5.99. The van der Waals surface area contributed by atoms with Gasteiger partial charge < -0.3 is 19.0 Å². The second-order valence-electron chi connectivity index (χ2n) is 5.21. The Kier molecular flexibility index (Phi) is 12.4. The van der Waals surface area contributed by atoms with Gasteiger partial charge in [0.2, 0.25) is 0 Å². The van der Waals surface area contributed by atoms with Gasteiger partial charge in [0.15, 0.2) is 5.75 Å². The van der Waals surface area contributed by atoms with Crippen molar-refractivity contribution in [1.29, 1.82) is 0 Å². The van der Waals surface area contributed by atoms with Crippen molar-refractivity contribution in [3.05, 3.63) is 31.6 Å². The molecule has 1 rings (SSSR count). The third-order valence-electron chi connectivity index (χ3n) is 2.70. The van der Waals surface area contributed by atoms with Crippen molar-refractivity contribution in [1.82, 2.24) is 0 Å². The summed E-state index contributed by atoms with van der Waals surface area (Å²) >= 11 is 18.9. The Balaban J connectivity index is 2.30. The Hall–Kier alpha value is -0.470. The number of benzene rings is 1. The van der Waals surface area contributed by atoms with Gasteiger partial charge in [-0.05, 0) is 51.8 Å². The van der Waals surface area contributed by atoms with Gasteiger partial charge in [0.25, 0.3) is 0 Å². The van der Waals surface area contributed by atoms with Crippen LogP contribution in [0.2, 0.25) is 10.0 Å². The molecule has 146 valence electrons. The fraction of sp³-hybridized carbons (Fsp3) is 0.471. The number of oxime groups is 1. The van der Waals surface area contributed by atoms with E-state index in [0.29, 0.717) is 61.0 Å². The maximum atomic E-state index is 6.22. The van der Waals surface area contributed by atoms with Crippen LogP contribution in [0.25, 0.3) is 0 Å². The van der Waals surface area contributed by atoms with Crippen molar-refractivity contribution >= 4 is 60.8 Å². The molecule has 9 heteroatoms. The standard InChI is InChI=1S/C17H21Br2Cl2NO4/c1-12(2)22-26-9-8-23-5-3-6-25-17-14(20)10-13(11-15(17)21)24-7-4-16(18)19/h4,10-11H,3,5-9H2,1-2H3. The SMILES string of the molecule is CC(C)=NOCCOCCCOc1c(Cl)cc(OCC=C(Br)Br)cc1Cl. The monoisotopic (exact) mass is 531 g/mol. The molecule has 0 heterocycles.